The maximum Gasteiger partial charge on any atom is 0.264 e. The molecule has 0 aliphatic heterocycles. The molecule has 0 aliphatic carbocycles. The Morgan fingerprint density at radius 3 is 2.00 bits per heavy atom. The molecule has 7 heteroatoms. The highest BCUT2D eigenvalue weighted by Gasteiger charge is 2.15. The number of amides is 1. The summed E-state index contributed by atoms with van der Waals surface area (Å²) in [4.78, 5) is 14.3. The Labute approximate surface area is 191 Å². The average Bonchev–Trinajstić information content (AvgIpc) is 2.74. The number of thiocarbonyl (C=S) groups is 1. The van der Waals surface area contributed by atoms with Gasteiger partial charge in [0.25, 0.3) is 5.91 Å². The quantitative estimate of drug-likeness (QED) is 0.476. The van der Waals surface area contributed by atoms with Crippen molar-refractivity contribution >= 4 is 46.4 Å². The lowest BCUT2D eigenvalue weighted by Crippen LogP contribution is -2.43. The van der Waals surface area contributed by atoms with Crippen LogP contribution in [0.2, 0.25) is 10.0 Å². The minimum Gasteiger partial charge on any atom is -0.482 e. The van der Waals surface area contributed by atoms with Crippen molar-refractivity contribution in [1.29, 1.82) is 0 Å². The number of nitrogens with one attached hydrogen (secondary N) is 1. The summed E-state index contributed by atoms with van der Waals surface area (Å²) < 4.78 is 5.49. The van der Waals surface area contributed by atoms with Gasteiger partial charge in [0.1, 0.15) is 5.75 Å². The first-order chi connectivity index (χ1) is 14.5. The van der Waals surface area contributed by atoms with Gasteiger partial charge in [-0.1, -0.05) is 83.9 Å². The number of hydrogen-bond acceptors (Lipinski definition) is 3. The third-order valence-corrected chi connectivity index (χ3v) is 5.11. The van der Waals surface area contributed by atoms with Gasteiger partial charge in [0, 0.05) is 18.1 Å². The fraction of sp³-hybridized carbons (Fsp3) is 0.130. The van der Waals surface area contributed by atoms with E-state index >= 15 is 0 Å². The van der Waals surface area contributed by atoms with Crippen molar-refractivity contribution in [2.45, 2.75) is 13.1 Å². The molecule has 0 radical (unpaired) electrons. The normalized spacial score (nSPS) is 10.3. The van der Waals surface area contributed by atoms with Crippen molar-refractivity contribution in [1.82, 2.24) is 10.2 Å². The molecule has 0 heterocycles. The Balaban J connectivity index is 1.63. The number of nitrogens with zero attached hydrogens (tertiary/aromatic N) is 1. The summed E-state index contributed by atoms with van der Waals surface area (Å²) in [5.41, 5.74) is 2.18. The Morgan fingerprint density at radius 1 is 0.900 bits per heavy atom. The van der Waals surface area contributed by atoms with Crippen LogP contribution >= 0.6 is 35.4 Å². The van der Waals surface area contributed by atoms with E-state index in [1.165, 1.54) is 0 Å². The molecular weight excluding hydrogens is 439 g/mol. The van der Waals surface area contributed by atoms with Crippen LogP contribution in [-0.2, 0) is 17.9 Å². The van der Waals surface area contributed by atoms with Crippen LogP contribution in [0.15, 0.2) is 78.9 Å². The van der Waals surface area contributed by atoms with Crippen LogP contribution in [0.4, 0.5) is 0 Å². The number of hydrogen-bond donors (Lipinski definition) is 1. The van der Waals surface area contributed by atoms with Crippen molar-refractivity contribution in [2.24, 2.45) is 0 Å². The molecule has 0 atom stereocenters. The van der Waals surface area contributed by atoms with Crippen molar-refractivity contribution in [3.05, 3.63) is 100 Å². The molecule has 0 saturated carbocycles. The number of halogens is 2. The molecule has 3 aromatic carbocycles. The second kappa shape index (κ2) is 11.0. The smallest absolute Gasteiger partial charge is 0.264 e. The van der Waals surface area contributed by atoms with E-state index in [1.807, 2.05) is 65.6 Å². The van der Waals surface area contributed by atoms with Crippen LogP contribution in [0.3, 0.4) is 0 Å². The Morgan fingerprint density at radius 2 is 1.47 bits per heavy atom. The van der Waals surface area contributed by atoms with Crippen molar-refractivity contribution in [3.63, 3.8) is 0 Å². The molecule has 3 rings (SSSR count). The summed E-state index contributed by atoms with van der Waals surface area (Å²) in [7, 11) is 0. The lowest BCUT2D eigenvalue weighted by atomic mass is 10.2. The monoisotopic (exact) mass is 458 g/mol. The minimum absolute atomic E-state index is 0.216. The largest absolute Gasteiger partial charge is 0.482 e. The van der Waals surface area contributed by atoms with Crippen LogP contribution in [0.5, 0.6) is 5.75 Å². The van der Waals surface area contributed by atoms with E-state index in [4.69, 9.17) is 40.2 Å². The molecule has 0 saturated heterocycles. The molecule has 3 aromatic rings. The van der Waals surface area contributed by atoms with Gasteiger partial charge < -0.3 is 15.0 Å². The number of benzene rings is 3. The Bertz CT molecular complexity index is 959. The number of carbonyl (C=O) groups excluding carboxylic acids is 1. The second-order valence-corrected chi connectivity index (χ2v) is 7.77. The fourth-order valence-corrected chi connectivity index (χ4v) is 3.48. The number of rotatable bonds is 7. The molecule has 0 bridgehead atoms. The van der Waals surface area contributed by atoms with E-state index in [0.717, 1.165) is 11.1 Å². The topological polar surface area (TPSA) is 41.6 Å². The van der Waals surface area contributed by atoms with Crippen molar-refractivity contribution in [3.8, 4) is 5.75 Å². The van der Waals surface area contributed by atoms with E-state index in [-0.39, 0.29) is 12.5 Å². The molecule has 154 valence electrons. The number of ether oxygens (including phenoxy) is 1. The first-order valence-corrected chi connectivity index (χ1v) is 10.4. The third-order valence-electron chi connectivity index (χ3n) is 4.22. The van der Waals surface area contributed by atoms with Crippen LogP contribution in [0, 0.1) is 0 Å². The van der Waals surface area contributed by atoms with Gasteiger partial charge in [-0.05, 0) is 41.5 Å². The van der Waals surface area contributed by atoms with Crippen molar-refractivity contribution < 1.29 is 9.53 Å². The summed E-state index contributed by atoms with van der Waals surface area (Å²) >= 11 is 17.5. The zero-order valence-electron chi connectivity index (χ0n) is 16.1. The van der Waals surface area contributed by atoms with Crippen LogP contribution in [-0.4, -0.2) is 22.5 Å². The summed E-state index contributed by atoms with van der Waals surface area (Å²) in [5, 5.41) is 3.91. The van der Waals surface area contributed by atoms with E-state index in [9.17, 15) is 4.79 Å². The van der Waals surface area contributed by atoms with Gasteiger partial charge in [0.2, 0.25) is 0 Å². The third kappa shape index (κ3) is 6.73. The number of carbonyl (C=O) groups is 1. The predicted molar refractivity (Wildman–Crippen MR) is 125 cm³/mol. The molecule has 0 fully saturated rings. The van der Waals surface area contributed by atoms with E-state index in [0.29, 0.717) is 34.0 Å². The molecular formula is C23H20Cl2N2O2S. The molecule has 30 heavy (non-hydrogen) atoms. The van der Waals surface area contributed by atoms with Gasteiger partial charge in [-0.25, -0.2) is 0 Å². The zero-order valence-corrected chi connectivity index (χ0v) is 18.4. The fourth-order valence-electron chi connectivity index (χ4n) is 2.78. The maximum atomic E-state index is 12.4. The second-order valence-electron chi connectivity index (χ2n) is 6.54. The Kier molecular flexibility index (Phi) is 8.08. The lowest BCUT2D eigenvalue weighted by Gasteiger charge is -2.25. The van der Waals surface area contributed by atoms with Crippen LogP contribution in [0.25, 0.3) is 0 Å². The molecule has 1 amide bonds. The summed E-state index contributed by atoms with van der Waals surface area (Å²) in [6.45, 7) is 0.920. The van der Waals surface area contributed by atoms with E-state index < -0.39 is 0 Å². The van der Waals surface area contributed by atoms with Gasteiger partial charge >= 0.3 is 0 Å². The predicted octanol–water partition coefficient (Wildman–Crippen LogP) is 5.48. The molecule has 1 N–H and O–H groups in total. The first-order valence-electron chi connectivity index (χ1n) is 9.26. The van der Waals surface area contributed by atoms with Gasteiger partial charge in [-0.15, -0.1) is 0 Å². The SMILES string of the molecule is O=C(COc1ccc(Cl)cc1Cl)NC(=S)N(Cc1ccccc1)Cc1ccccc1. The summed E-state index contributed by atoms with van der Waals surface area (Å²) in [6.07, 6.45) is 0. The highest BCUT2D eigenvalue weighted by Crippen LogP contribution is 2.27. The van der Waals surface area contributed by atoms with E-state index in [2.05, 4.69) is 5.32 Å². The zero-order chi connectivity index (χ0) is 21.3. The first kappa shape index (κ1) is 22.1. The highest BCUT2D eigenvalue weighted by molar-refractivity contribution is 7.80. The average molecular weight is 459 g/mol. The van der Waals surface area contributed by atoms with Crippen LogP contribution < -0.4 is 10.1 Å². The van der Waals surface area contributed by atoms with Gasteiger partial charge in [0.05, 0.1) is 5.02 Å². The van der Waals surface area contributed by atoms with E-state index in [1.54, 1.807) is 18.2 Å². The van der Waals surface area contributed by atoms with Gasteiger partial charge in [-0.3, -0.25) is 4.79 Å². The van der Waals surface area contributed by atoms with Crippen LogP contribution in [0.1, 0.15) is 11.1 Å². The van der Waals surface area contributed by atoms with Gasteiger partial charge in [-0.2, -0.15) is 0 Å². The molecule has 0 aromatic heterocycles. The molecule has 4 nitrogen and oxygen atoms in total. The summed E-state index contributed by atoms with van der Waals surface area (Å²) in [6, 6.07) is 24.7. The maximum absolute atomic E-state index is 12.4. The highest BCUT2D eigenvalue weighted by atomic mass is 35.5. The summed E-state index contributed by atoms with van der Waals surface area (Å²) in [5.74, 6) is 0.0182. The van der Waals surface area contributed by atoms with Gasteiger partial charge in [0.15, 0.2) is 11.7 Å². The molecule has 0 aliphatic rings. The van der Waals surface area contributed by atoms with Crippen molar-refractivity contribution in [2.75, 3.05) is 6.61 Å². The minimum atomic E-state index is -0.364. The lowest BCUT2D eigenvalue weighted by molar-refractivity contribution is -0.121. The standard InChI is InChI=1S/C23H20Cl2N2O2S/c24-19-11-12-21(20(25)13-19)29-16-22(28)26-23(30)27(14-17-7-3-1-4-8-17)15-18-9-5-2-6-10-18/h1-13H,14-16H2,(H,26,28,30). The molecule has 0 spiro atoms. The Hall–Kier alpha value is -2.60. The molecule has 0 unspecified atom stereocenters.